The summed E-state index contributed by atoms with van der Waals surface area (Å²) in [5.41, 5.74) is 0.948. The van der Waals surface area contributed by atoms with Crippen molar-refractivity contribution in [1.82, 2.24) is 0 Å². The van der Waals surface area contributed by atoms with Gasteiger partial charge in [0.15, 0.2) is 0 Å². The number of hydrogen-bond donors (Lipinski definition) is 0. The molecule has 1 aromatic carbocycles. The molecule has 0 aliphatic heterocycles. The summed E-state index contributed by atoms with van der Waals surface area (Å²) in [7, 11) is 4.94. The highest BCUT2D eigenvalue weighted by molar-refractivity contribution is 6.21. The highest BCUT2D eigenvalue weighted by atomic mass is 35.5. The van der Waals surface area contributed by atoms with Gasteiger partial charge < -0.3 is 14.2 Å². The summed E-state index contributed by atoms with van der Waals surface area (Å²) in [6.45, 7) is 0. The average Bonchev–Trinajstić information content (AvgIpc) is 2.53. The van der Waals surface area contributed by atoms with E-state index in [9.17, 15) is 0 Å². The lowest BCUT2D eigenvalue weighted by Crippen LogP contribution is -2.14. The Kier molecular flexibility index (Phi) is 5.41. The highest BCUT2D eigenvalue weighted by Crippen LogP contribution is 2.47. The molecule has 0 radical (unpaired) electrons. The normalized spacial score (nSPS) is 17.6. The van der Waals surface area contributed by atoms with Gasteiger partial charge in [0, 0.05) is 12.1 Å². The summed E-state index contributed by atoms with van der Waals surface area (Å²) in [6.07, 6.45) is 6.18. The molecule has 1 atom stereocenters. The minimum Gasteiger partial charge on any atom is -0.496 e. The van der Waals surface area contributed by atoms with E-state index in [2.05, 4.69) is 0 Å². The maximum atomic E-state index is 6.75. The second kappa shape index (κ2) is 7.07. The van der Waals surface area contributed by atoms with Crippen molar-refractivity contribution in [2.24, 2.45) is 5.92 Å². The first kappa shape index (κ1) is 15.3. The van der Waals surface area contributed by atoms with Gasteiger partial charge in [0.05, 0.1) is 32.3 Å². The molecule has 0 aromatic heterocycles. The average molecular weight is 299 g/mol. The van der Waals surface area contributed by atoms with E-state index in [1.54, 1.807) is 21.3 Å². The van der Waals surface area contributed by atoms with E-state index in [4.69, 9.17) is 25.8 Å². The van der Waals surface area contributed by atoms with Crippen molar-refractivity contribution in [2.45, 2.75) is 37.5 Å². The number of methoxy groups -OCH3 is 3. The van der Waals surface area contributed by atoms with Crippen molar-refractivity contribution in [3.05, 3.63) is 17.7 Å². The van der Waals surface area contributed by atoms with Gasteiger partial charge in [-0.3, -0.25) is 0 Å². The van der Waals surface area contributed by atoms with Crippen LogP contribution in [0.15, 0.2) is 12.1 Å². The van der Waals surface area contributed by atoms with E-state index in [1.807, 2.05) is 12.1 Å². The van der Waals surface area contributed by atoms with Gasteiger partial charge in [0.25, 0.3) is 0 Å². The zero-order valence-corrected chi connectivity index (χ0v) is 13.2. The van der Waals surface area contributed by atoms with Crippen LogP contribution in [0.3, 0.4) is 0 Å². The van der Waals surface area contributed by atoms with Crippen LogP contribution in [0.1, 0.15) is 43.0 Å². The Labute approximate surface area is 126 Å². The van der Waals surface area contributed by atoms with Crippen molar-refractivity contribution < 1.29 is 14.2 Å². The van der Waals surface area contributed by atoms with Crippen molar-refractivity contribution in [3.8, 4) is 17.2 Å². The second-order valence-electron chi connectivity index (χ2n) is 5.25. The molecule has 0 bridgehead atoms. The van der Waals surface area contributed by atoms with E-state index in [0.717, 1.165) is 22.8 Å². The summed E-state index contributed by atoms with van der Waals surface area (Å²) in [5, 5.41) is -0.0777. The Hall–Kier alpha value is -1.09. The third-order valence-electron chi connectivity index (χ3n) is 4.09. The van der Waals surface area contributed by atoms with Crippen LogP contribution in [0.5, 0.6) is 17.2 Å². The van der Waals surface area contributed by atoms with E-state index in [-0.39, 0.29) is 5.38 Å². The van der Waals surface area contributed by atoms with Gasteiger partial charge in [0.1, 0.15) is 17.2 Å². The lowest BCUT2D eigenvalue weighted by atomic mass is 9.84. The number of ether oxygens (including phenoxy) is 3. The van der Waals surface area contributed by atoms with Crippen LogP contribution in [-0.4, -0.2) is 21.3 Å². The first-order valence-corrected chi connectivity index (χ1v) is 7.58. The molecule has 20 heavy (non-hydrogen) atoms. The largest absolute Gasteiger partial charge is 0.496 e. The molecule has 0 heterocycles. The molecule has 1 saturated carbocycles. The Bertz CT molecular complexity index is 416. The summed E-state index contributed by atoms with van der Waals surface area (Å²) in [6, 6.07) is 3.74. The summed E-state index contributed by atoms with van der Waals surface area (Å²) in [4.78, 5) is 0. The van der Waals surface area contributed by atoms with Crippen LogP contribution in [-0.2, 0) is 0 Å². The fraction of sp³-hybridized carbons (Fsp3) is 0.625. The number of rotatable bonds is 5. The van der Waals surface area contributed by atoms with Crippen LogP contribution < -0.4 is 14.2 Å². The molecular weight excluding hydrogens is 276 g/mol. The third-order valence-corrected chi connectivity index (χ3v) is 4.67. The molecule has 1 fully saturated rings. The fourth-order valence-electron chi connectivity index (χ4n) is 2.97. The van der Waals surface area contributed by atoms with Gasteiger partial charge in [0.2, 0.25) is 0 Å². The highest BCUT2D eigenvalue weighted by Gasteiger charge is 2.29. The van der Waals surface area contributed by atoms with Gasteiger partial charge in [-0.05, 0) is 18.8 Å². The SMILES string of the molecule is COc1cc(OC)c(C(Cl)C2CCCCC2)c(OC)c1. The van der Waals surface area contributed by atoms with Crippen molar-refractivity contribution in [3.63, 3.8) is 0 Å². The fourth-order valence-corrected chi connectivity index (χ4v) is 3.43. The van der Waals surface area contributed by atoms with Gasteiger partial charge in [-0.25, -0.2) is 0 Å². The summed E-state index contributed by atoms with van der Waals surface area (Å²) in [5.74, 6) is 2.69. The first-order valence-electron chi connectivity index (χ1n) is 7.15. The van der Waals surface area contributed by atoms with Crippen molar-refractivity contribution in [2.75, 3.05) is 21.3 Å². The Morgan fingerprint density at radius 2 is 1.50 bits per heavy atom. The van der Waals surface area contributed by atoms with E-state index in [1.165, 1.54) is 32.1 Å². The molecule has 2 rings (SSSR count). The predicted molar refractivity (Wildman–Crippen MR) is 81.3 cm³/mol. The van der Waals surface area contributed by atoms with Crippen molar-refractivity contribution >= 4 is 11.6 Å². The number of benzene rings is 1. The molecule has 0 spiro atoms. The standard InChI is InChI=1S/C16H23ClO3/c1-18-12-9-13(19-2)15(14(10-12)20-3)16(17)11-7-5-4-6-8-11/h9-11,16H,4-8H2,1-3H3. The molecule has 1 unspecified atom stereocenters. The zero-order valence-electron chi connectivity index (χ0n) is 12.4. The molecule has 4 heteroatoms. The zero-order chi connectivity index (χ0) is 14.5. The lowest BCUT2D eigenvalue weighted by molar-refractivity contribution is 0.326. The molecule has 1 aliphatic rings. The van der Waals surface area contributed by atoms with E-state index < -0.39 is 0 Å². The molecule has 112 valence electrons. The van der Waals surface area contributed by atoms with Crippen LogP contribution >= 0.6 is 11.6 Å². The van der Waals surface area contributed by atoms with Crippen LogP contribution in [0.4, 0.5) is 0 Å². The van der Waals surface area contributed by atoms with E-state index in [0.29, 0.717) is 5.92 Å². The van der Waals surface area contributed by atoms with E-state index >= 15 is 0 Å². The third kappa shape index (κ3) is 3.14. The lowest BCUT2D eigenvalue weighted by Gasteiger charge is -2.28. The van der Waals surface area contributed by atoms with Crippen LogP contribution in [0.2, 0.25) is 0 Å². The molecular formula is C16H23ClO3. The molecule has 0 amide bonds. The van der Waals surface area contributed by atoms with Crippen LogP contribution in [0, 0.1) is 5.92 Å². The van der Waals surface area contributed by atoms with Gasteiger partial charge in [-0.1, -0.05) is 19.3 Å². The Morgan fingerprint density at radius 1 is 0.950 bits per heavy atom. The minimum atomic E-state index is -0.0777. The molecule has 1 aliphatic carbocycles. The molecule has 1 aromatic rings. The monoisotopic (exact) mass is 298 g/mol. The minimum absolute atomic E-state index is 0.0777. The van der Waals surface area contributed by atoms with Crippen molar-refractivity contribution in [1.29, 1.82) is 0 Å². The second-order valence-corrected chi connectivity index (χ2v) is 5.72. The van der Waals surface area contributed by atoms with Gasteiger partial charge in [-0.2, -0.15) is 0 Å². The number of halogens is 1. The van der Waals surface area contributed by atoms with Gasteiger partial charge >= 0.3 is 0 Å². The number of hydrogen-bond acceptors (Lipinski definition) is 3. The predicted octanol–water partition coefficient (Wildman–Crippen LogP) is 4.57. The van der Waals surface area contributed by atoms with Gasteiger partial charge in [-0.15, -0.1) is 11.6 Å². The quantitative estimate of drug-likeness (QED) is 0.745. The molecule has 3 nitrogen and oxygen atoms in total. The Balaban J connectivity index is 2.36. The summed E-state index contributed by atoms with van der Waals surface area (Å²) < 4.78 is 16.3. The van der Waals surface area contributed by atoms with Crippen LogP contribution in [0.25, 0.3) is 0 Å². The smallest absolute Gasteiger partial charge is 0.130 e. The number of alkyl halides is 1. The maximum absolute atomic E-state index is 6.75. The first-order chi connectivity index (χ1) is 9.71. The molecule has 0 N–H and O–H groups in total. The maximum Gasteiger partial charge on any atom is 0.130 e. The Morgan fingerprint density at radius 3 is 1.95 bits per heavy atom. The topological polar surface area (TPSA) is 27.7 Å². The molecule has 0 saturated heterocycles. The summed E-state index contributed by atoms with van der Waals surface area (Å²) >= 11 is 6.75.